The normalized spacial score (nSPS) is 17.2. The number of rotatable bonds is 10. The molecule has 0 aliphatic heterocycles. The Labute approximate surface area is 162 Å². The second-order valence-electron chi connectivity index (χ2n) is 9.48. The average molecular weight is 371 g/mol. The molecule has 0 bridgehead atoms. The molecule has 4 nitrogen and oxygen atoms in total. The third kappa shape index (κ3) is 12.7. The van der Waals surface area contributed by atoms with Crippen LogP contribution >= 0.6 is 0 Å². The van der Waals surface area contributed by atoms with Crippen molar-refractivity contribution >= 4 is 0 Å². The molecule has 0 radical (unpaired) electrons. The number of unbranched alkanes of at least 4 members (excludes halogenated alkanes) is 2. The average Bonchev–Trinajstić information content (AvgIpc) is 2.52. The highest BCUT2D eigenvalue weighted by Crippen LogP contribution is 2.25. The Morgan fingerprint density at radius 2 is 0.846 bits per heavy atom. The lowest BCUT2D eigenvalue weighted by molar-refractivity contribution is -0.391. The molecule has 0 heterocycles. The molecule has 2 unspecified atom stereocenters. The maximum absolute atomic E-state index is 5.77. The predicted octanol–water partition coefficient (Wildman–Crippen LogP) is 6.38. The van der Waals surface area contributed by atoms with Gasteiger partial charge < -0.3 is 0 Å². The standard InChI is InChI=1S/C22H42O4/c1-11-13-15-21(9,25-23-19(3,4)5)17-18-22(10,16-14-12-2)26-24-20(6,7)8/h11-16H2,1-10H3. The predicted molar refractivity (Wildman–Crippen MR) is 107 cm³/mol. The molecule has 0 N–H and O–H groups in total. The lowest BCUT2D eigenvalue weighted by Crippen LogP contribution is -2.35. The van der Waals surface area contributed by atoms with Gasteiger partial charge in [0.25, 0.3) is 0 Å². The summed E-state index contributed by atoms with van der Waals surface area (Å²) in [4.78, 5) is 22.7. The first-order chi connectivity index (χ1) is 11.7. The van der Waals surface area contributed by atoms with Gasteiger partial charge in [0.2, 0.25) is 0 Å². The van der Waals surface area contributed by atoms with Crippen LogP contribution in [0, 0.1) is 11.8 Å². The molecule has 0 spiro atoms. The Bertz CT molecular complexity index is 409. The van der Waals surface area contributed by atoms with E-state index >= 15 is 0 Å². The summed E-state index contributed by atoms with van der Waals surface area (Å²) in [6, 6.07) is 0. The first-order valence-corrected chi connectivity index (χ1v) is 10.0. The van der Waals surface area contributed by atoms with Gasteiger partial charge in [-0.05, 0) is 81.1 Å². The van der Waals surface area contributed by atoms with Crippen LogP contribution in [0.4, 0.5) is 0 Å². The summed E-state index contributed by atoms with van der Waals surface area (Å²) >= 11 is 0. The topological polar surface area (TPSA) is 36.9 Å². The highest BCUT2D eigenvalue weighted by Gasteiger charge is 2.30. The van der Waals surface area contributed by atoms with Crippen LogP contribution in [-0.4, -0.2) is 22.4 Å². The fourth-order valence-electron chi connectivity index (χ4n) is 1.98. The quantitative estimate of drug-likeness (QED) is 0.254. The molecule has 26 heavy (non-hydrogen) atoms. The first-order valence-electron chi connectivity index (χ1n) is 10.0. The molecule has 0 saturated carbocycles. The van der Waals surface area contributed by atoms with Gasteiger partial charge in [0.1, 0.15) is 0 Å². The van der Waals surface area contributed by atoms with E-state index in [1.54, 1.807) is 0 Å². The molecule has 0 aliphatic carbocycles. The first kappa shape index (κ1) is 25.4. The van der Waals surface area contributed by atoms with Gasteiger partial charge in [-0.2, -0.15) is 0 Å². The van der Waals surface area contributed by atoms with E-state index in [4.69, 9.17) is 19.6 Å². The molecule has 0 rings (SSSR count). The Balaban J connectivity index is 5.38. The van der Waals surface area contributed by atoms with Gasteiger partial charge in [0.05, 0.1) is 11.2 Å². The third-order valence-corrected chi connectivity index (χ3v) is 3.56. The summed E-state index contributed by atoms with van der Waals surface area (Å²) in [5, 5.41) is 0. The monoisotopic (exact) mass is 370 g/mol. The number of hydrogen-bond acceptors (Lipinski definition) is 4. The third-order valence-electron chi connectivity index (χ3n) is 3.56. The van der Waals surface area contributed by atoms with Crippen LogP contribution in [0.15, 0.2) is 0 Å². The van der Waals surface area contributed by atoms with Crippen LogP contribution in [0.1, 0.15) is 108 Å². The van der Waals surface area contributed by atoms with Crippen LogP contribution in [0.5, 0.6) is 0 Å². The van der Waals surface area contributed by atoms with E-state index < -0.39 is 11.2 Å². The van der Waals surface area contributed by atoms with E-state index in [0.717, 1.165) is 38.5 Å². The van der Waals surface area contributed by atoms with E-state index in [-0.39, 0.29) is 11.2 Å². The van der Waals surface area contributed by atoms with Crippen molar-refractivity contribution in [2.75, 3.05) is 0 Å². The Morgan fingerprint density at radius 1 is 0.538 bits per heavy atom. The largest absolute Gasteiger partial charge is 0.229 e. The summed E-state index contributed by atoms with van der Waals surface area (Å²) in [6.45, 7) is 20.1. The Kier molecular flexibility index (Phi) is 10.4. The van der Waals surface area contributed by atoms with Crippen LogP contribution in [0.3, 0.4) is 0 Å². The fourth-order valence-corrected chi connectivity index (χ4v) is 1.98. The summed E-state index contributed by atoms with van der Waals surface area (Å²) < 4.78 is 0. The van der Waals surface area contributed by atoms with E-state index in [0.29, 0.717) is 0 Å². The lowest BCUT2D eigenvalue weighted by Gasteiger charge is -2.30. The molecule has 154 valence electrons. The van der Waals surface area contributed by atoms with Gasteiger partial charge >= 0.3 is 0 Å². The minimum absolute atomic E-state index is 0.382. The zero-order chi connectivity index (χ0) is 20.5. The highest BCUT2D eigenvalue weighted by atomic mass is 17.2. The minimum atomic E-state index is -0.679. The zero-order valence-electron chi connectivity index (χ0n) is 18.9. The van der Waals surface area contributed by atoms with Crippen LogP contribution in [-0.2, 0) is 19.6 Å². The Morgan fingerprint density at radius 3 is 1.08 bits per heavy atom. The lowest BCUT2D eigenvalue weighted by atomic mass is 9.95. The second kappa shape index (κ2) is 10.7. The molecule has 2 atom stereocenters. The highest BCUT2D eigenvalue weighted by molar-refractivity contribution is 5.20. The van der Waals surface area contributed by atoms with Gasteiger partial charge in [0, 0.05) is 0 Å². The van der Waals surface area contributed by atoms with E-state index in [2.05, 4.69) is 25.7 Å². The molecule has 0 aromatic heterocycles. The smallest absolute Gasteiger partial charge is 0.161 e. The van der Waals surface area contributed by atoms with Gasteiger partial charge in [-0.3, -0.25) is 0 Å². The van der Waals surface area contributed by atoms with E-state index in [1.165, 1.54) is 0 Å². The van der Waals surface area contributed by atoms with Crippen LogP contribution < -0.4 is 0 Å². The summed E-state index contributed by atoms with van der Waals surface area (Å²) in [6.07, 6.45) is 5.79. The van der Waals surface area contributed by atoms with Crippen molar-refractivity contribution in [2.24, 2.45) is 0 Å². The van der Waals surface area contributed by atoms with Crippen molar-refractivity contribution in [1.29, 1.82) is 0 Å². The second-order valence-corrected chi connectivity index (χ2v) is 9.48. The van der Waals surface area contributed by atoms with Crippen molar-refractivity contribution in [3.8, 4) is 11.8 Å². The maximum Gasteiger partial charge on any atom is 0.161 e. The molecule has 0 amide bonds. The van der Waals surface area contributed by atoms with Gasteiger partial charge in [-0.1, -0.05) is 38.5 Å². The molecular weight excluding hydrogens is 328 g/mol. The fraction of sp³-hybridized carbons (Fsp3) is 0.909. The molecule has 0 aromatic rings. The summed E-state index contributed by atoms with van der Waals surface area (Å²) in [5.74, 6) is 6.57. The number of hydrogen-bond donors (Lipinski definition) is 0. The van der Waals surface area contributed by atoms with Gasteiger partial charge in [-0.15, -0.1) is 0 Å². The molecule has 0 fully saturated rings. The minimum Gasteiger partial charge on any atom is -0.229 e. The Hall–Kier alpha value is -0.600. The maximum atomic E-state index is 5.77. The van der Waals surface area contributed by atoms with E-state index in [9.17, 15) is 0 Å². The van der Waals surface area contributed by atoms with Gasteiger partial charge in [0.15, 0.2) is 11.2 Å². The molecule has 4 heteroatoms. The summed E-state index contributed by atoms with van der Waals surface area (Å²) in [7, 11) is 0. The van der Waals surface area contributed by atoms with Crippen LogP contribution in [0.25, 0.3) is 0 Å². The van der Waals surface area contributed by atoms with Gasteiger partial charge in [-0.25, -0.2) is 19.6 Å². The van der Waals surface area contributed by atoms with Crippen molar-refractivity contribution in [3.63, 3.8) is 0 Å². The van der Waals surface area contributed by atoms with Crippen LogP contribution in [0.2, 0.25) is 0 Å². The molecule has 0 aromatic carbocycles. The zero-order valence-corrected chi connectivity index (χ0v) is 18.9. The summed E-state index contributed by atoms with van der Waals surface area (Å²) in [5.41, 5.74) is -2.12. The van der Waals surface area contributed by atoms with Crippen molar-refractivity contribution in [2.45, 2.75) is 130 Å². The SMILES string of the molecule is CCCCC(C)(C#CC(C)(CCCC)OOC(C)(C)C)OOC(C)(C)C. The molecule has 0 saturated heterocycles. The van der Waals surface area contributed by atoms with Crippen molar-refractivity contribution in [1.82, 2.24) is 0 Å². The van der Waals surface area contributed by atoms with Crippen molar-refractivity contribution in [3.05, 3.63) is 0 Å². The molecular formula is C22H42O4. The van der Waals surface area contributed by atoms with E-state index in [1.807, 2.05) is 55.4 Å². The van der Waals surface area contributed by atoms with Crippen molar-refractivity contribution < 1.29 is 19.6 Å². The molecule has 0 aliphatic rings.